The third-order valence-electron chi connectivity index (χ3n) is 3.13. The van der Waals surface area contributed by atoms with Crippen LogP contribution in [0.1, 0.15) is 32.3 Å². The van der Waals surface area contributed by atoms with E-state index in [4.69, 9.17) is 11.6 Å². The zero-order chi connectivity index (χ0) is 12.5. The molecule has 1 aromatic rings. The van der Waals surface area contributed by atoms with Gasteiger partial charge in [-0.15, -0.1) is 0 Å². The van der Waals surface area contributed by atoms with Crippen molar-refractivity contribution in [2.24, 2.45) is 5.41 Å². The van der Waals surface area contributed by atoms with Crippen LogP contribution in [0.2, 0.25) is 5.02 Å². The fraction of sp³-hybridized carbons (Fsp3) is 0.571. The number of nitrogens with one attached hydrogen (secondary N) is 1. The monoisotopic (exact) mass is 315 g/mol. The van der Waals surface area contributed by atoms with Gasteiger partial charge in [0.1, 0.15) is 0 Å². The number of hydrogen-bond donors (Lipinski definition) is 1. The topological polar surface area (TPSA) is 12.0 Å². The second-order valence-electron chi connectivity index (χ2n) is 5.73. The van der Waals surface area contributed by atoms with E-state index in [1.165, 1.54) is 18.4 Å². The second kappa shape index (κ2) is 5.29. The highest BCUT2D eigenvalue weighted by molar-refractivity contribution is 9.10. The summed E-state index contributed by atoms with van der Waals surface area (Å²) in [5.74, 6) is 0. The van der Waals surface area contributed by atoms with Crippen molar-refractivity contribution in [3.05, 3.63) is 33.3 Å². The van der Waals surface area contributed by atoms with Crippen LogP contribution in [0.3, 0.4) is 0 Å². The van der Waals surface area contributed by atoms with Crippen LogP contribution in [-0.2, 0) is 6.42 Å². The molecule has 2 rings (SSSR count). The van der Waals surface area contributed by atoms with Crippen molar-refractivity contribution in [1.29, 1.82) is 0 Å². The van der Waals surface area contributed by atoms with Crippen molar-refractivity contribution >= 4 is 27.5 Å². The lowest BCUT2D eigenvalue weighted by atomic mass is 9.85. The van der Waals surface area contributed by atoms with Gasteiger partial charge in [0.15, 0.2) is 0 Å². The van der Waals surface area contributed by atoms with Crippen LogP contribution in [0, 0.1) is 5.41 Å². The van der Waals surface area contributed by atoms with Crippen LogP contribution in [0.15, 0.2) is 22.7 Å². The Morgan fingerprint density at radius 1 is 1.41 bits per heavy atom. The molecule has 1 nitrogen and oxygen atoms in total. The van der Waals surface area contributed by atoms with Gasteiger partial charge in [-0.2, -0.15) is 0 Å². The first-order valence-electron chi connectivity index (χ1n) is 6.14. The summed E-state index contributed by atoms with van der Waals surface area (Å²) < 4.78 is 1.04. The minimum atomic E-state index is 0.250. The molecule has 1 aromatic carbocycles. The summed E-state index contributed by atoms with van der Waals surface area (Å²) in [6.07, 6.45) is 3.70. The summed E-state index contributed by atoms with van der Waals surface area (Å²) in [6.45, 7) is 5.64. The second-order valence-corrected chi connectivity index (χ2v) is 7.05. The average Bonchev–Trinajstić information content (AvgIpc) is 3.03. The van der Waals surface area contributed by atoms with E-state index in [0.717, 1.165) is 28.5 Å². The molecule has 1 aliphatic carbocycles. The van der Waals surface area contributed by atoms with Crippen LogP contribution < -0.4 is 5.32 Å². The van der Waals surface area contributed by atoms with E-state index in [2.05, 4.69) is 47.2 Å². The minimum Gasteiger partial charge on any atom is -0.313 e. The Kier molecular flexibility index (Phi) is 4.17. The molecule has 0 amide bonds. The molecule has 94 valence electrons. The number of rotatable bonds is 5. The van der Waals surface area contributed by atoms with Gasteiger partial charge in [-0.1, -0.05) is 47.4 Å². The standard InChI is InChI=1S/C14H19BrClN/c1-14(2,9-17-12-5-6-12)8-10-3-4-11(15)7-13(10)16/h3-4,7,12,17H,5-6,8-9H2,1-2H3. The van der Waals surface area contributed by atoms with Gasteiger partial charge in [0.05, 0.1) is 0 Å². The molecule has 0 atom stereocenters. The normalized spacial score (nSPS) is 16.2. The summed E-state index contributed by atoms with van der Waals surface area (Å²) in [7, 11) is 0. The predicted octanol–water partition coefficient (Wildman–Crippen LogP) is 4.42. The molecule has 0 heterocycles. The van der Waals surface area contributed by atoms with Gasteiger partial charge in [-0.05, 0) is 42.4 Å². The van der Waals surface area contributed by atoms with Crippen molar-refractivity contribution < 1.29 is 0 Å². The third kappa shape index (κ3) is 4.27. The van der Waals surface area contributed by atoms with Crippen molar-refractivity contribution in [2.75, 3.05) is 6.54 Å². The third-order valence-corrected chi connectivity index (χ3v) is 3.98. The molecule has 0 radical (unpaired) electrons. The highest BCUT2D eigenvalue weighted by Crippen LogP contribution is 2.29. The molecule has 0 saturated heterocycles. The van der Waals surface area contributed by atoms with Gasteiger partial charge in [0.2, 0.25) is 0 Å². The lowest BCUT2D eigenvalue weighted by Gasteiger charge is -2.25. The highest BCUT2D eigenvalue weighted by Gasteiger charge is 2.25. The van der Waals surface area contributed by atoms with Crippen molar-refractivity contribution in [3.8, 4) is 0 Å². The Labute approximate surface area is 117 Å². The van der Waals surface area contributed by atoms with E-state index in [-0.39, 0.29) is 5.41 Å². The van der Waals surface area contributed by atoms with E-state index in [9.17, 15) is 0 Å². The first kappa shape index (κ1) is 13.4. The van der Waals surface area contributed by atoms with E-state index < -0.39 is 0 Å². The molecule has 0 bridgehead atoms. The van der Waals surface area contributed by atoms with Crippen LogP contribution in [0.25, 0.3) is 0 Å². The molecular formula is C14H19BrClN. The quantitative estimate of drug-likeness (QED) is 0.847. The van der Waals surface area contributed by atoms with E-state index in [1.807, 2.05) is 6.07 Å². The molecule has 1 saturated carbocycles. The number of halogens is 2. The molecule has 1 N–H and O–H groups in total. The lowest BCUT2D eigenvalue weighted by Crippen LogP contribution is -2.32. The molecule has 17 heavy (non-hydrogen) atoms. The van der Waals surface area contributed by atoms with Gasteiger partial charge in [0, 0.05) is 22.1 Å². The molecule has 0 aliphatic heterocycles. The maximum atomic E-state index is 6.26. The first-order valence-corrected chi connectivity index (χ1v) is 7.31. The predicted molar refractivity (Wildman–Crippen MR) is 77.7 cm³/mol. The van der Waals surface area contributed by atoms with Gasteiger partial charge in [-0.25, -0.2) is 0 Å². The average molecular weight is 317 g/mol. The summed E-state index contributed by atoms with van der Waals surface area (Å²) >= 11 is 9.70. The SMILES string of the molecule is CC(C)(CNC1CC1)Cc1ccc(Br)cc1Cl. The highest BCUT2D eigenvalue weighted by atomic mass is 79.9. The van der Waals surface area contributed by atoms with Crippen LogP contribution in [-0.4, -0.2) is 12.6 Å². The number of hydrogen-bond acceptors (Lipinski definition) is 1. The molecule has 0 aromatic heterocycles. The zero-order valence-electron chi connectivity index (χ0n) is 10.4. The maximum Gasteiger partial charge on any atom is 0.0449 e. The van der Waals surface area contributed by atoms with Crippen molar-refractivity contribution in [1.82, 2.24) is 5.32 Å². The molecule has 0 unspecified atom stereocenters. The van der Waals surface area contributed by atoms with Crippen LogP contribution in [0.5, 0.6) is 0 Å². The summed E-state index contributed by atoms with van der Waals surface area (Å²) in [5.41, 5.74) is 1.48. The minimum absolute atomic E-state index is 0.250. The van der Waals surface area contributed by atoms with Gasteiger partial charge in [-0.3, -0.25) is 0 Å². The summed E-state index contributed by atoms with van der Waals surface area (Å²) in [4.78, 5) is 0. The molecule has 1 aliphatic rings. The molecule has 0 spiro atoms. The fourth-order valence-corrected chi connectivity index (χ4v) is 2.69. The molecule has 3 heteroatoms. The summed E-state index contributed by atoms with van der Waals surface area (Å²) in [6, 6.07) is 6.92. The van der Waals surface area contributed by atoms with Crippen LogP contribution >= 0.6 is 27.5 Å². The van der Waals surface area contributed by atoms with Gasteiger partial charge < -0.3 is 5.32 Å². The summed E-state index contributed by atoms with van der Waals surface area (Å²) in [5, 5.41) is 4.46. The Morgan fingerprint density at radius 2 is 2.12 bits per heavy atom. The zero-order valence-corrected chi connectivity index (χ0v) is 12.7. The van der Waals surface area contributed by atoms with E-state index >= 15 is 0 Å². The molecular weight excluding hydrogens is 298 g/mol. The van der Waals surface area contributed by atoms with Gasteiger partial charge >= 0.3 is 0 Å². The maximum absolute atomic E-state index is 6.26. The van der Waals surface area contributed by atoms with E-state index in [1.54, 1.807) is 0 Å². The number of benzene rings is 1. The Bertz CT molecular complexity index is 399. The molecule has 1 fully saturated rings. The van der Waals surface area contributed by atoms with Crippen molar-refractivity contribution in [3.63, 3.8) is 0 Å². The Morgan fingerprint density at radius 3 is 2.71 bits per heavy atom. The van der Waals surface area contributed by atoms with Crippen LogP contribution in [0.4, 0.5) is 0 Å². The lowest BCUT2D eigenvalue weighted by molar-refractivity contribution is 0.337. The Balaban J connectivity index is 1.97. The van der Waals surface area contributed by atoms with Crippen molar-refractivity contribution in [2.45, 2.75) is 39.2 Å². The largest absolute Gasteiger partial charge is 0.313 e. The fourth-order valence-electron chi connectivity index (χ4n) is 1.95. The smallest absolute Gasteiger partial charge is 0.0449 e. The van der Waals surface area contributed by atoms with E-state index in [0.29, 0.717) is 0 Å². The Hall–Kier alpha value is -0.0500. The van der Waals surface area contributed by atoms with Gasteiger partial charge in [0.25, 0.3) is 0 Å². The first-order chi connectivity index (χ1) is 7.96.